The fourth-order valence-electron chi connectivity index (χ4n) is 2.39. The molecule has 2 aromatic carbocycles. The number of anilines is 1. The van der Waals surface area contributed by atoms with Crippen molar-refractivity contribution in [1.29, 1.82) is 0 Å². The molecule has 0 saturated heterocycles. The lowest BCUT2D eigenvalue weighted by atomic mass is 10.2. The Balaban J connectivity index is 1.85. The van der Waals surface area contributed by atoms with E-state index in [-0.39, 0.29) is 28.5 Å². The molecule has 0 atom stereocenters. The number of benzene rings is 2. The van der Waals surface area contributed by atoms with Crippen LogP contribution in [-0.2, 0) is 16.0 Å². The van der Waals surface area contributed by atoms with Crippen LogP contribution in [0, 0.1) is 0 Å². The molecule has 1 heterocycles. The van der Waals surface area contributed by atoms with Gasteiger partial charge < -0.3 is 5.32 Å². The van der Waals surface area contributed by atoms with E-state index in [9.17, 15) is 21.6 Å². The van der Waals surface area contributed by atoms with Crippen LogP contribution in [0.2, 0.25) is 0 Å². The third kappa shape index (κ3) is 3.93. The minimum atomic E-state index is -4.70. The molecular weight excluding hydrogens is 367 g/mol. The summed E-state index contributed by atoms with van der Waals surface area (Å²) in [5.41, 5.74) is 0.128. The fraction of sp³-hybridized carbons (Fsp3) is 0.176. The predicted molar refractivity (Wildman–Crippen MR) is 91.5 cm³/mol. The molecule has 3 rings (SSSR count). The monoisotopic (exact) mass is 381 g/mol. The van der Waals surface area contributed by atoms with Crippen molar-refractivity contribution in [3.8, 4) is 0 Å². The van der Waals surface area contributed by atoms with Crippen molar-refractivity contribution in [3.05, 3.63) is 60.4 Å². The molecule has 0 fully saturated rings. The molecule has 26 heavy (non-hydrogen) atoms. The largest absolute Gasteiger partial charge is 0.451 e. The van der Waals surface area contributed by atoms with Crippen LogP contribution in [0.25, 0.3) is 10.9 Å². The van der Waals surface area contributed by atoms with Gasteiger partial charge in [0.25, 0.3) is 0 Å². The van der Waals surface area contributed by atoms with Gasteiger partial charge in [0, 0.05) is 11.9 Å². The predicted octanol–water partition coefficient (Wildman–Crippen LogP) is 3.53. The number of hydrogen-bond acceptors (Lipinski definition) is 5. The number of aromatic nitrogens is 2. The lowest BCUT2D eigenvalue weighted by Gasteiger charge is -2.12. The number of nitrogens with zero attached hydrogens (tertiary/aromatic N) is 2. The first-order valence-electron chi connectivity index (χ1n) is 7.63. The van der Waals surface area contributed by atoms with Crippen molar-refractivity contribution in [3.63, 3.8) is 0 Å². The first kappa shape index (κ1) is 18.1. The molecule has 0 aliphatic rings. The molecule has 0 amide bonds. The van der Waals surface area contributed by atoms with Gasteiger partial charge in [0.05, 0.1) is 16.2 Å². The van der Waals surface area contributed by atoms with E-state index in [1.54, 1.807) is 36.4 Å². The maximum absolute atomic E-state index is 13.0. The van der Waals surface area contributed by atoms with Crippen molar-refractivity contribution < 1.29 is 21.6 Å². The van der Waals surface area contributed by atoms with Crippen molar-refractivity contribution in [2.24, 2.45) is 0 Å². The van der Waals surface area contributed by atoms with E-state index in [4.69, 9.17) is 0 Å². The Morgan fingerprint density at radius 3 is 2.27 bits per heavy atom. The summed E-state index contributed by atoms with van der Waals surface area (Å²) in [4.78, 5) is 7.20. The standard InChI is InChI=1S/C17H14F3N3O2S/c18-17(19,20)16-22-14-9-5-4-8-13(14)15(23-16)21-10-11-26(24,25)12-6-2-1-3-7-12/h1-9H,10-11H2,(H,21,22,23). The molecular formula is C17H14F3N3O2S. The summed E-state index contributed by atoms with van der Waals surface area (Å²) in [6.45, 7) is -0.0878. The van der Waals surface area contributed by atoms with Crippen LogP contribution < -0.4 is 5.32 Å². The lowest BCUT2D eigenvalue weighted by molar-refractivity contribution is -0.144. The normalized spacial score (nSPS) is 12.3. The number of nitrogens with one attached hydrogen (secondary N) is 1. The highest BCUT2D eigenvalue weighted by atomic mass is 32.2. The Hall–Kier alpha value is -2.68. The molecule has 3 aromatic rings. The molecule has 0 bridgehead atoms. The Labute approximate surface area is 147 Å². The number of alkyl halides is 3. The molecule has 0 aliphatic heterocycles. The van der Waals surface area contributed by atoms with Crippen LogP contribution in [0.3, 0.4) is 0 Å². The highest BCUT2D eigenvalue weighted by molar-refractivity contribution is 7.91. The summed E-state index contributed by atoms with van der Waals surface area (Å²) >= 11 is 0. The lowest BCUT2D eigenvalue weighted by Crippen LogP contribution is -2.18. The second kappa shape index (κ2) is 6.91. The SMILES string of the molecule is O=S(=O)(CCNc1nc(C(F)(F)F)nc2ccccc12)c1ccccc1. The van der Waals surface area contributed by atoms with Gasteiger partial charge in [-0.05, 0) is 24.3 Å². The molecule has 0 saturated carbocycles. The highest BCUT2D eigenvalue weighted by Crippen LogP contribution is 2.30. The Bertz CT molecular complexity index is 1020. The van der Waals surface area contributed by atoms with E-state index in [0.717, 1.165) is 0 Å². The molecule has 5 nitrogen and oxygen atoms in total. The molecule has 0 unspecified atom stereocenters. The second-order valence-electron chi connectivity index (χ2n) is 5.47. The van der Waals surface area contributed by atoms with Gasteiger partial charge in [-0.25, -0.2) is 18.4 Å². The maximum Gasteiger partial charge on any atom is 0.451 e. The zero-order valence-electron chi connectivity index (χ0n) is 13.4. The van der Waals surface area contributed by atoms with Crippen LogP contribution in [-0.4, -0.2) is 30.7 Å². The summed E-state index contributed by atoms with van der Waals surface area (Å²) in [5.74, 6) is -1.60. The number of para-hydroxylation sites is 1. The van der Waals surface area contributed by atoms with E-state index in [1.807, 2.05) is 0 Å². The zero-order valence-corrected chi connectivity index (χ0v) is 14.2. The topological polar surface area (TPSA) is 72.0 Å². The number of halogens is 3. The van der Waals surface area contributed by atoms with Gasteiger partial charge >= 0.3 is 6.18 Å². The van der Waals surface area contributed by atoms with Gasteiger partial charge in [-0.2, -0.15) is 13.2 Å². The number of rotatable bonds is 5. The quantitative estimate of drug-likeness (QED) is 0.732. The maximum atomic E-state index is 13.0. The van der Waals surface area contributed by atoms with Gasteiger partial charge in [-0.15, -0.1) is 0 Å². The zero-order chi connectivity index (χ0) is 18.8. The molecule has 136 valence electrons. The second-order valence-corrected chi connectivity index (χ2v) is 7.58. The third-order valence-corrected chi connectivity index (χ3v) is 5.35. The van der Waals surface area contributed by atoms with Crippen molar-refractivity contribution in [2.75, 3.05) is 17.6 Å². The molecule has 0 radical (unpaired) electrons. The minimum Gasteiger partial charge on any atom is -0.368 e. The Morgan fingerprint density at radius 1 is 0.923 bits per heavy atom. The summed E-state index contributed by atoms with van der Waals surface area (Å²) in [7, 11) is -3.55. The molecule has 0 spiro atoms. The molecule has 0 aliphatic carbocycles. The van der Waals surface area contributed by atoms with Crippen LogP contribution in [0.5, 0.6) is 0 Å². The van der Waals surface area contributed by atoms with Crippen molar-refractivity contribution in [1.82, 2.24) is 9.97 Å². The Morgan fingerprint density at radius 2 is 1.58 bits per heavy atom. The average molecular weight is 381 g/mol. The van der Waals surface area contributed by atoms with Gasteiger partial charge in [0.2, 0.25) is 5.82 Å². The van der Waals surface area contributed by atoms with Gasteiger partial charge in [0.1, 0.15) is 5.82 Å². The van der Waals surface area contributed by atoms with Gasteiger partial charge in [0.15, 0.2) is 9.84 Å². The van der Waals surface area contributed by atoms with Gasteiger partial charge in [-0.1, -0.05) is 30.3 Å². The van der Waals surface area contributed by atoms with Crippen molar-refractivity contribution >= 4 is 26.6 Å². The van der Waals surface area contributed by atoms with Crippen molar-refractivity contribution in [2.45, 2.75) is 11.1 Å². The first-order chi connectivity index (χ1) is 12.3. The van der Waals surface area contributed by atoms with E-state index in [2.05, 4.69) is 15.3 Å². The average Bonchev–Trinajstić information content (AvgIpc) is 2.61. The van der Waals surface area contributed by atoms with E-state index in [0.29, 0.717) is 5.39 Å². The van der Waals surface area contributed by atoms with E-state index in [1.165, 1.54) is 18.2 Å². The third-order valence-electron chi connectivity index (χ3n) is 3.62. The summed E-state index contributed by atoms with van der Waals surface area (Å²) in [5, 5.41) is 3.08. The summed E-state index contributed by atoms with van der Waals surface area (Å²) < 4.78 is 63.5. The van der Waals surface area contributed by atoms with E-state index >= 15 is 0 Å². The fourth-order valence-corrected chi connectivity index (χ4v) is 3.57. The van der Waals surface area contributed by atoms with Crippen LogP contribution in [0.15, 0.2) is 59.5 Å². The van der Waals surface area contributed by atoms with Gasteiger partial charge in [-0.3, -0.25) is 0 Å². The molecule has 9 heteroatoms. The highest BCUT2D eigenvalue weighted by Gasteiger charge is 2.35. The smallest absolute Gasteiger partial charge is 0.368 e. The number of fused-ring (bicyclic) bond motifs is 1. The summed E-state index contributed by atoms with van der Waals surface area (Å²) in [6.07, 6.45) is -4.70. The Kier molecular flexibility index (Phi) is 4.82. The minimum absolute atomic E-state index is 0.0498. The number of hydrogen-bond donors (Lipinski definition) is 1. The van der Waals surface area contributed by atoms with Crippen LogP contribution in [0.4, 0.5) is 19.0 Å². The molecule has 1 aromatic heterocycles. The number of sulfone groups is 1. The van der Waals surface area contributed by atoms with Crippen LogP contribution >= 0.6 is 0 Å². The molecule has 1 N–H and O–H groups in total. The first-order valence-corrected chi connectivity index (χ1v) is 9.28. The van der Waals surface area contributed by atoms with E-state index < -0.39 is 21.8 Å². The summed E-state index contributed by atoms with van der Waals surface area (Å²) in [6, 6.07) is 14.1. The van der Waals surface area contributed by atoms with Crippen LogP contribution in [0.1, 0.15) is 5.82 Å².